The molecule has 0 aliphatic heterocycles. The Morgan fingerprint density at radius 2 is 2.05 bits per heavy atom. The Bertz CT molecular complexity index is 455. The third-order valence-electron chi connectivity index (χ3n) is 3.55. The lowest BCUT2D eigenvalue weighted by Gasteiger charge is -2.23. The standard InChI is InChI=1S/C14H26N4O3.ClH/c1-6-9(3)12(15)14(19)18(5)8-11-16-13(17-21-11)10(4)20-7-2;/h9-10,12H,6-8,15H2,1-5H3;1H. The van der Waals surface area contributed by atoms with E-state index >= 15 is 0 Å². The predicted molar refractivity (Wildman–Crippen MR) is 85.5 cm³/mol. The summed E-state index contributed by atoms with van der Waals surface area (Å²) in [5.41, 5.74) is 5.94. The highest BCUT2D eigenvalue weighted by atomic mass is 35.5. The van der Waals surface area contributed by atoms with Gasteiger partial charge in [-0.2, -0.15) is 4.98 Å². The Hall–Kier alpha value is -1.18. The van der Waals surface area contributed by atoms with Crippen molar-refractivity contribution in [2.24, 2.45) is 11.7 Å². The van der Waals surface area contributed by atoms with Gasteiger partial charge in [0.2, 0.25) is 11.8 Å². The molecule has 1 rings (SSSR count). The average molecular weight is 335 g/mol. The molecule has 2 N–H and O–H groups in total. The van der Waals surface area contributed by atoms with Crippen LogP contribution in [0.2, 0.25) is 0 Å². The van der Waals surface area contributed by atoms with E-state index < -0.39 is 6.04 Å². The summed E-state index contributed by atoms with van der Waals surface area (Å²) in [4.78, 5) is 17.9. The van der Waals surface area contributed by atoms with E-state index in [1.54, 1.807) is 7.05 Å². The van der Waals surface area contributed by atoms with Gasteiger partial charge in [0, 0.05) is 13.7 Å². The van der Waals surface area contributed by atoms with Gasteiger partial charge in [0.05, 0.1) is 12.6 Å². The summed E-state index contributed by atoms with van der Waals surface area (Å²) >= 11 is 0. The second kappa shape index (κ2) is 9.76. The number of amides is 1. The molecule has 1 heterocycles. The molecule has 0 aliphatic rings. The van der Waals surface area contributed by atoms with E-state index in [0.717, 1.165) is 6.42 Å². The smallest absolute Gasteiger partial charge is 0.246 e. The van der Waals surface area contributed by atoms with Crippen molar-refractivity contribution < 1.29 is 14.1 Å². The summed E-state index contributed by atoms with van der Waals surface area (Å²) in [6, 6.07) is -0.509. The normalized spacial score (nSPS) is 14.8. The van der Waals surface area contributed by atoms with E-state index in [0.29, 0.717) is 18.3 Å². The number of nitrogens with zero attached hydrogens (tertiary/aromatic N) is 3. The van der Waals surface area contributed by atoms with Crippen LogP contribution in [-0.4, -0.2) is 40.6 Å². The molecule has 8 heteroatoms. The molecule has 0 saturated heterocycles. The van der Waals surface area contributed by atoms with E-state index in [9.17, 15) is 4.79 Å². The number of carbonyl (C=O) groups is 1. The van der Waals surface area contributed by atoms with Gasteiger partial charge in [-0.1, -0.05) is 25.4 Å². The van der Waals surface area contributed by atoms with Gasteiger partial charge < -0.3 is 19.9 Å². The van der Waals surface area contributed by atoms with E-state index in [2.05, 4.69) is 10.1 Å². The minimum absolute atomic E-state index is 0. The summed E-state index contributed by atoms with van der Waals surface area (Å²) in [5, 5.41) is 3.86. The van der Waals surface area contributed by atoms with Crippen molar-refractivity contribution in [1.29, 1.82) is 0 Å². The highest BCUT2D eigenvalue weighted by Gasteiger charge is 2.24. The van der Waals surface area contributed by atoms with Crippen LogP contribution in [0.15, 0.2) is 4.52 Å². The van der Waals surface area contributed by atoms with Gasteiger partial charge in [-0.15, -0.1) is 12.4 Å². The van der Waals surface area contributed by atoms with Crippen LogP contribution in [0.5, 0.6) is 0 Å². The van der Waals surface area contributed by atoms with Crippen LogP contribution in [0.4, 0.5) is 0 Å². The molecule has 0 bridgehead atoms. The Labute approximate surface area is 138 Å². The minimum atomic E-state index is -0.509. The monoisotopic (exact) mass is 334 g/mol. The zero-order valence-electron chi connectivity index (χ0n) is 13.9. The van der Waals surface area contributed by atoms with Gasteiger partial charge in [-0.3, -0.25) is 4.79 Å². The van der Waals surface area contributed by atoms with Gasteiger partial charge in [-0.25, -0.2) is 0 Å². The Morgan fingerprint density at radius 1 is 1.41 bits per heavy atom. The summed E-state index contributed by atoms with van der Waals surface area (Å²) in [5.74, 6) is 0.876. The highest BCUT2D eigenvalue weighted by molar-refractivity contribution is 5.85. The highest BCUT2D eigenvalue weighted by Crippen LogP contribution is 2.14. The summed E-state index contributed by atoms with van der Waals surface area (Å²) in [6.45, 7) is 8.55. The fourth-order valence-corrected chi connectivity index (χ4v) is 1.85. The first kappa shape index (κ1) is 20.8. The molecule has 0 saturated carbocycles. The maximum atomic E-state index is 12.2. The van der Waals surface area contributed by atoms with Gasteiger partial charge in [0.25, 0.3) is 0 Å². The number of hydrogen-bond donors (Lipinski definition) is 1. The van der Waals surface area contributed by atoms with E-state index in [1.807, 2.05) is 27.7 Å². The van der Waals surface area contributed by atoms with Crippen LogP contribution in [0, 0.1) is 5.92 Å². The van der Waals surface area contributed by atoms with Crippen molar-refractivity contribution in [2.75, 3.05) is 13.7 Å². The molecule has 22 heavy (non-hydrogen) atoms. The van der Waals surface area contributed by atoms with Crippen LogP contribution in [-0.2, 0) is 16.1 Å². The van der Waals surface area contributed by atoms with Crippen LogP contribution < -0.4 is 5.73 Å². The number of aromatic nitrogens is 2. The van der Waals surface area contributed by atoms with E-state index in [-0.39, 0.29) is 36.9 Å². The fraction of sp³-hybridized carbons (Fsp3) is 0.786. The first-order chi connectivity index (χ1) is 9.90. The molecule has 7 nitrogen and oxygen atoms in total. The zero-order valence-corrected chi connectivity index (χ0v) is 14.7. The maximum absolute atomic E-state index is 12.2. The molecular weight excluding hydrogens is 308 g/mol. The average Bonchev–Trinajstić information content (AvgIpc) is 2.93. The van der Waals surface area contributed by atoms with Crippen molar-refractivity contribution >= 4 is 18.3 Å². The summed E-state index contributed by atoms with van der Waals surface area (Å²) in [6.07, 6.45) is 0.632. The molecule has 0 fully saturated rings. The predicted octanol–water partition coefficient (Wildman–Crippen LogP) is 1.92. The van der Waals surface area contributed by atoms with Gasteiger partial charge >= 0.3 is 0 Å². The quantitative estimate of drug-likeness (QED) is 0.780. The second-order valence-corrected chi connectivity index (χ2v) is 5.25. The number of hydrogen-bond acceptors (Lipinski definition) is 6. The van der Waals surface area contributed by atoms with Crippen LogP contribution in [0.1, 0.15) is 51.9 Å². The van der Waals surface area contributed by atoms with E-state index in [1.165, 1.54) is 4.90 Å². The lowest BCUT2D eigenvalue weighted by molar-refractivity contribution is -0.133. The van der Waals surface area contributed by atoms with Crippen molar-refractivity contribution in [1.82, 2.24) is 15.0 Å². The number of carbonyl (C=O) groups excluding carboxylic acids is 1. The van der Waals surface area contributed by atoms with Crippen LogP contribution >= 0.6 is 12.4 Å². The number of ether oxygens (including phenoxy) is 1. The van der Waals surface area contributed by atoms with Gasteiger partial charge in [0.15, 0.2) is 5.82 Å². The molecule has 0 spiro atoms. The Morgan fingerprint density at radius 3 is 2.59 bits per heavy atom. The first-order valence-corrected chi connectivity index (χ1v) is 7.35. The molecule has 1 aromatic rings. The largest absolute Gasteiger partial charge is 0.371 e. The maximum Gasteiger partial charge on any atom is 0.246 e. The minimum Gasteiger partial charge on any atom is -0.371 e. The van der Waals surface area contributed by atoms with Gasteiger partial charge in [-0.05, 0) is 19.8 Å². The molecule has 1 aromatic heterocycles. The molecule has 0 aromatic carbocycles. The lowest BCUT2D eigenvalue weighted by Crippen LogP contribution is -2.45. The van der Waals surface area contributed by atoms with Crippen molar-refractivity contribution in [3.63, 3.8) is 0 Å². The summed E-state index contributed by atoms with van der Waals surface area (Å²) in [7, 11) is 1.68. The third kappa shape index (κ3) is 5.55. The fourth-order valence-electron chi connectivity index (χ4n) is 1.85. The Kier molecular flexibility index (Phi) is 9.24. The molecule has 3 unspecified atom stereocenters. The van der Waals surface area contributed by atoms with Crippen LogP contribution in [0.3, 0.4) is 0 Å². The number of halogens is 1. The third-order valence-corrected chi connectivity index (χ3v) is 3.55. The van der Waals surface area contributed by atoms with Gasteiger partial charge in [0.1, 0.15) is 6.10 Å². The van der Waals surface area contributed by atoms with Crippen molar-refractivity contribution in [3.05, 3.63) is 11.7 Å². The Balaban J connectivity index is 0.00000441. The lowest BCUT2D eigenvalue weighted by atomic mass is 9.99. The first-order valence-electron chi connectivity index (χ1n) is 7.35. The molecule has 3 atom stereocenters. The summed E-state index contributed by atoms with van der Waals surface area (Å²) < 4.78 is 10.5. The van der Waals surface area contributed by atoms with Crippen molar-refractivity contribution in [2.45, 2.75) is 52.8 Å². The molecular formula is C14H27ClN4O3. The zero-order chi connectivity index (χ0) is 16.0. The van der Waals surface area contributed by atoms with Crippen molar-refractivity contribution in [3.8, 4) is 0 Å². The SMILES string of the molecule is CCOC(C)c1noc(CN(C)C(=O)C(N)C(C)CC)n1.Cl. The van der Waals surface area contributed by atoms with E-state index in [4.69, 9.17) is 15.0 Å². The molecule has 0 aliphatic carbocycles. The molecule has 128 valence electrons. The second-order valence-electron chi connectivity index (χ2n) is 5.25. The topological polar surface area (TPSA) is 94.5 Å². The molecule has 1 amide bonds. The number of nitrogens with two attached hydrogens (primary N) is 1. The molecule has 0 radical (unpaired) electrons. The van der Waals surface area contributed by atoms with Crippen LogP contribution in [0.25, 0.3) is 0 Å². The number of rotatable bonds is 8. The number of likely N-dealkylation sites (N-methyl/N-ethyl adjacent to an activating group) is 1.